The van der Waals surface area contributed by atoms with Crippen molar-refractivity contribution in [1.29, 1.82) is 0 Å². The second-order valence-electron chi connectivity index (χ2n) is 4.86. The largest absolute Gasteiger partial charge is 0.464 e. The highest BCUT2D eigenvalue weighted by Gasteiger charge is 2.43. The molecule has 1 aliphatic carbocycles. The molecule has 17 heavy (non-hydrogen) atoms. The number of carbonyl (C=O) groups is 2. The number of nitrogens with one attached hydrogen (secondary N) is 1. The standard InChI is InChI=1S/C12H22N2O3/c1-4-17-10(15)8(2)14-11(16)12(3)7-5-6-9(12)13/h8-9H,4-7,13H2,1-3H3,(H,14,16). The maximum absolute atomic E-state index is 12.1. The average Bonchev–Trinajstić information content (AvgIpc) is 2.61. The molecule has 0 radical (unpaired) electrons. The first-order valence-corrected chi connectivity index (χ1v) is 6.15. The topological polar surface area (TPSA) is 81.4 Å². The fraction of sp³-hybridized carbons (Fsp3) is 0.833. The van der Waals surface area contributed by atoms with E-state index < -0.39 is 17.4 Å². The molecule has 3 N–H and O–H groups in total. The number of nitrogens with two attached hydrogens (primary N) is 1. The molecule has 3 unspecified atom stereocenters. The van der Waals surface area contributed by atoms with Crippen LogP contribution in [-0.2, 0) is 14.3 Å². The van der Waals surface area contributed by atoms with E-state index in [1.807, 2.05) is 6.92 Å². The minimum atomic E-state index is -0.618. The van der Waals surface area contributed by atoms with Gasteiger partial charge in [-0.15, -0.1) is 0 Å². The average molecular weight is 242 g/mol. The Hall–Kier alpha value is -1.10. The smallest absolute Gasteiger partial charge is 0.328 e. The Labute approximate surface area is 102 Å². The fourth-order valence-corrected chi connectivity index (χ4v) is 2.16. The Kier molecular flexibility index (Phi) is 4.51. The Morgan fingerprint density at radius 3 is 2.71 bits per heavy atom. The van der Waals surface area contributed by atoms with Crippen molar-refractivity contribution >= 4 is 11.9 Å². The summed E-state index contributed by atoms with van der Waals surface area (Å²) >= 11 is 0. The van der Waals surface area contributed by atoms with Gasteiger partial charge in [-0.2, -0.15) is 0 Å². The molecular weight excluding hydrogens is 220 g/mol. The van der Waals surface area contributed by atoms with Crippen LogP contribution in [0.2, 0.25) is 0 Å². The van der Waals surface area contributed by atoms with Gasteiger partial charge in [0.05, 0.1) is 12.0 Å². The second-order valence-corrected chi connectivity index (χ2v) is 4.86. The summed E-state index contributed by atoms with van der Waals surface area (Å²) in [6.45, 7) is 5.54. The predicted octanol–water partition coefficient (Wildman–Crippen LogP) is 0.572. The van der Waals surface area contributed by atoms with E-state index in [9.17, 15) is 9.59 Å². The highest BCUT2D eigenvalue weighted by Crippen LogP contribution is 2.36. The third kappa shape index (κ3) is 2.97. The van der Waals surface area contributed by atoms with Gasteiger partial charge in [-0.1, -0.05) is 6.42 Å². The minimum absolute atomic E-state index is 0.128. The molecule has 5 heteroatoms. The number of hydrogen-bond acceptors (Lipinski definition) is 4. The zero-order chi connectivity index (χ0) is 13.1. The van der Waals surface area contributed by atoms with Crippen LogP contribution < -0.4 is 11.1 Å². The maximum Gasteiger partial charge on any atom is 0.328 e. The molecule has 0 aromatic rings. The van der Waals surface area contributed by atoms with Crippen molar-refractivity contribution in [3.8, 4) is 0 Å². The molecule has 1 fully saturated rings. The van der Waals surface area contributed by atoms with Gasteiger partial charge in [0.1, 0.15) is 6.04 Å². The summed E-state index contributed by atoms with van der Waals surface area (Å²) < 4.78 is 4.84. The SMILES string of the molecule is CCOC(=O)C(C)NC(=O)C1(C)CCCC1N. The molecule has 1 rings (SSSR count). The van der Waals surface area contributed by atoms with Crippen molar-refractivity contribution in [2.45, 2.75) is 52.1 Å². The maximum atomic E-state index is 12.1. The highest BCUT2D eigenvalue weighted by atomic mass is 16.5. The Balaban J connectivity index is 2.57. The zero-order valence-electron chi connectivity index (χ0n) is 10.8. The molecule has 5 nitrogen and oxygen atoms in total. The van der Waals surface area contributed by atoms with Crippen molar-refractivity contribution in [3.63, 3.8) is 0 Å². The molecule has 0 aliphatic heterocycles. The molecule has 0 saturated heterocycles. The molecule has 1 saturated carbocycles. The molecule has 3 atom stereocenters. The van der Waals surface area contributed by atoms with Crippen LogP contribution in [0.5, 0.6) is 0 Å². The lowest BCUT2D eigenvalue weighted by Crippen LogP contribution is -2.51. The van der Waals surface area contributed by atoms with Crippen LogP contribution in [0.1, 0.15) is 40.0 Å². The van der Waals surface area contributed by atoms with Crippen molar-refractivity contribution in [1.82, 2.24) is 5.32 Å². The second kappa shape index (κ2) is 5.49. The van der Waals surface area contributed by atoms with Gasteiger partial charge in [-0.25, -0.2) is 4.79 Å². The van der Waals surface area contributed by atoms with E-state index in [2.05, 4.69) is 5.32 Å². The molecule has 1 aliphatic rings. The Bertz CT molecular complexity index is 306. The van der Waals surface area contributed by atoms with Crippen LogP contribution in [0.15, 0.2) is 0 Å². The van der Waals surface area contributed by atoms with Crippen LogP contribution in [0.4, 0.5) is 0 Å². The van der Waals surface area contributed by atoms with Crippen LogP contribution in [0.25, 0.3) is 0 Å². The summed E-state index contributed by atoms with van der Waals surface area (Å²) in [4.78, 5) is 23.5. The summed E-state index contributed by atoms with van der Waals surface area (Å²) in [7, 11) is 0. The van der Waals surface area contributed by atoms with Gasteiger partial charge >= 0.3 is 5.97 Å². The molecule has 0 aromatic carbocycles. The summed E-state index contributed by atoms with van der Waals surface area (Å²) in [5.41, 5.74) is 5.39. The monoisotopic (exact) mass is 242 g/mol. The van der Waals surface area contributed by atoms with Crippen LogP contribution >= 0.6 is 0 Å². The lowest BCUT2D eigenvalue weighted by atomic mass is 9.84. The predicted molar refractivity (Wildman–Crippen MR) is 64.2 cm³/mol. The lowest BCUT2D eigenvalue weighted by molar-refractivity contribution is -0.148. The van der Waals surface area contributed by atoms with E-state index in [1.54, 1.807) is 13.8 Å². The lowest BCUT2D eigenvalue weighted by Gasteiger charge is -2.28. The minimum Gasteiger partial charge on any atom is -0.464 e. The summed E-state index contributed by atoms with van der Waals surface area (Å²) in [6, 6.07) is -0.746. The molecule has 0 spiro atoms. The van der Waals surface area contributed by atoms with Gasteiger partial charge in [0, 0.05) is 6.04 Å². The normalized spacial score (nSPS) is 29.8. The third-order valence-electron chi connectivity index (χ3n) is 3.54. The molecule has 0 aromatic heterocycles. The zero-order valence-corrected chi connectivity index (χ0v) is 10.8. The molecule has 0 heterocycles. The van der Waals surface area contributed by atoms with Crippen molar-refractivity contribution in [2.75, 3.05) is 6.61 Å². The van der Waals surface area contributed by atoms with E-state index >= 15 is 0 Å². The molecule has 0 bridgehead atoms. The number of rotatable bonds is 4. The van der Waals surface area contributed by atoms with Gasteiger partial charge in [0.15, 0.2) is 0 Å². The number of carbonyl (C=O) groups excluding carboxylic acids is 2. The number of esters is 1. The van der Waals surface area contributed by atoms with E-state index in [0.717, 1.165) is 19.3 Å². The molecular formula is C12H22N2O3. The van der Waals surface area contributed by atoms with Gasteiger partial charge in [-0.05, 0) is 33.6 Å². The third-order valence-corrected chi connectivity index (χ3v) is 3.54. The van der Waals surface area contributed by atoms with Crippen LogP contribution in [0.3, 0.4) is 0 Å². The number of hydrogen-bond donors (Lipinski definition) is 2. The van der Waals surface area contributed by atoms with Crippen LogP contribution in [-0.4, -0.2) is 30.6 Å². The van der Waals surface area contributed by atoms with E-state index in [-0.39, 0.29) is 11.9 Å². The molecule has 1 amide bonds. The van der Waals surface area contributed by atoms with Gasteiger partial charge in [-0.3, -0.25) is 4.79 Å². The van der Waals surface area contributed by atoms with E-state index in [4.69, 9.17) is 10.5 Å². The van der Waals surface area contributed by atoms with Crippen LogP contribution in [0, 0.1) is 5.41 Å². The van der Waals surface area contributed by atoms with E-state index in [0.29, 0.717) is 6.61 Å². The first kappa shape index (κ1) is 14.0. The van der Waals surface area contributed by atoms with Crippen molar-refractivity contribution in [2.24, 2.45) is 11.1 Å². The first-order chi connectivity index (χ1) is 7.91. The van der Waals surface area contributed by atoms with Gasteiger partial charge in [0.2, 0.25) is 5.91 Å². The fourth-order valence-electron chi connectivity index (χ4n) is 2.16. The van der Waals surface area contributed by atoms with Crippen molar-refractivity contribution in [3.05, 3.63) is 0 Å². The van der Waals surface area contributed by atoms with Crippen molar-refractivity contribution < 1.29 is 14.3 Å². The Morgan fingerprint density at radius 2 is 2.24 bits per heavy atom. The van der Waals surface area contributed by atoms with E-state index in [1.165, 1.54) is 0 Å². The number of amides is 1. The first-order valence-electron chi connectivity index (χ1n) is 6.15. The van der Waals surface area contributed by atoms with Gasteiger partial charge in [0.25, 0.3) is 0 Å². The highest BCUT2D eigenvalue weighted by molar-refractivity contribution is 5.88. The molecule has 98 valence electrons. The van der Waals surface area contributed by atoms with Gasteiger partial charge < -0.3 is 15.8 Å². The quantitative estimate of drug-likeness (QED) is 0.706. The Morgan fingerprint density at radius 1 is 1.59 bits per heavy atom. The summed E-state index contributed by atoms with van der Waals surface area (Å²) in [5.74, 6) is -0.556. The summed E-state index contributed by atoms with van der Waals surface area (Å²) in [6.07, 6.45) is 2.59. The summed E-state index contributed by atoms with van der Waals surface area (Å²) in [5, 5.41) is 2.68. The number of ether oxygens (including phenoxy) is 1.